The van der Waals surface area contributed by atoms with Crippen molar-refractivity contribution >= 4 is 23.2 Å². The SMILES string of the molecule is N#CC1CC(c2ccccc2)NC2NC(=S)NC(=O)C12. The number of nitriles is 1. The number of rotatable bonds is 1. The van der Waals surface area contributed by atoms with Crippen LogP contribution in [0.25, 0.3) is 0 Å². The molecule has 0 saturated carbocycles. The highest BCUT2D eigenvalue weighted by atomic mass is 32.1. The molecule has 2 aliphatic rings. The van der Waals surface area contributed by atoms with Crippen LogP contribution in [-0.2, 0) is 4.79 Å². The molecule has 0 aliphatic carbocycles. The third-order valence-electron chi connectivity index (χ3n) is 3.86. The fourth-order valence-electron chi connectivity index (χ4n) is 2.91. The van der Waals surface area contributed by atoms with Gasteiger partial charge in [-0.3, -0.25) is 10.1 Å². The van der Waals surface area contributed by atoms with E-state index in [0.717, 1.165) is 5.56 Å². The fraction of sp³-hybridized carbons (Fsp3) is 0.357. The minimum absolute atomic E-state index is 0.0447. The molecule has 0 bridgehead atoms. The molecule has 6 heteroatoms. The van der Waals surface area contributed by atoms with Gasteiger partial charge in [0.2, 0.25) is 5.91 Å². The highest BCUT2D eigenvalue weighted by Gasteiger charge is 2.45. The van der Waals surface area contributed by atoms with E-state index in [4.69, 9.17) is 12.2 Å². The molecule has 5 nitrogen and oxygen atoms in total. The van der Waals surface area contributed by atoms with Crippen LogP contribution in [0.5, 0.6) is 0 Å². The number of carbonyl (C=O) groups excluding carboxylic acids is 1. The number of nitrogens with one attached hydrogen (secondary N) is 3. The van der Waals surface area contributed by atoms with Gasteiger partial charge in [-0.1, -0.05) is 30.3 Å². The molecule has 0 radical (unpaired) electrons. The van der Waals surface area contributed by atoms with E-state index in [9.17, 15) is 10.1 Å². The Kier molecular flexibility index (Phi) is 3.38. The smallest absolute Gasteiger partial charge is 0.234 e. The zero-order valence-electron chi connectivity index (χ0n) is 10.7. The van der Waals surface area contributed by atoms with Crippen LogP contribution in [0.3, 0.4) is 0 Å². The predicted octanol–water partition coefficient (Wildman–Crippen LogP) is 0.807. The van der Waals surface area contributed by atoms with E-state index in [0.29, 0.717) is 11.5 Å². The standard InChI is InChI=1S/C14H14N4OS/c15-7-9-6-10(8-4-2-1-3-5-8)16-12-11(9)13(19)18-14(20)17-12/h1-5,9-12,16H,6H2,(H2,17,18,19,20). The summed E-state index contributed by atoms with van der Waals surface area (Å²) in [6.45, 7) is 0. The van der Waals surface area contributed by atoms with E-state index in [-0.39, 0.29) is 24.0 Å². The molecule has 3 rings (SSSR count). The van der Waals surface area contributed by atoms with E-state index >= 15 is 0 Å². The maximum Gasteiger partial charge on any atom is 0.234 e. The monoisotopic (exact) mass is 286 g/mol. The molecule has 3 N–H and O–H groups in total. The molecule has 2 saturated heterocycles. The van der Waals surface area contributed by atoms with E-state index in [1.165, 1.54) is 0 Å². The average Bonchev–Trinajstić information content (AvgIpc) is 2.46. The first-order valence-electron chi connectivity index (χ1n) is 6.51. The zero-order chi connectivity index (χ0) is 14.1. The van der Waals surface area contributed by atoms with Crippen molar-refractivity contribution in [2.24, 2.45) is 11.8 Å². The summed E-state index contributed by atoms with van der Waals surface area (Å²) in [5.74, 6) is -0.918. The summed E-state index contributed by atoms with van der Waals surface area (Å²) in [4.78, 5) is 12.0. The van der Waals surface area contributed by atoms with Crippen molar-refractivity contribution in [1.82, 2.24) is 16.0 Å². The zero-order valence-corrected chi connectivity index (χ0v) is 11.5. The lowest BCUT2D eigenvalue weighted by atomic mass is 9.78. The lowest BCUT2D eigenvalue weighted by molar-refractivity contribution is -0.128. The van der Waals surface area contributed by atoms with Gasteiger partial charge in [0, 0.05) is 6.04 Å². The van der Waals surface area contributed by atoms with Crippen molar-refractivity contribution in [3.8, 4) is 6.07 Å². The fourth-order valence-corrected chi connectivity index (χ4v) is 3.14. The van der Waals surface area contributed by atoms with Gasteiger partial charge in [0.25, 0.3) is 0 Å². The van der Waals surface area contributed by atoms with Gasteiger partial charge in [-0.25, -0.2) is 0 Å². The molecule has 2 heterocycles. The summed E-state index contributed by atoms with van der Waals surface area (Å²) in [6, 6.07) is 12.2. The van der Waals surface area contributed by atoms with Gasteiger partial charge in [-0.15, -0.1) is 0 Å². The molecular weight excluding hydrogens is 272 g/mol. The molecular formula is C14H14N4OS. The molecule has 1 amide bonds. The van der Waals surface area contributed by atoms with Gasteiger partial charge in [0.15, 0.2) is 5.11 Å². The summed E-state index contributed by atoms with van der Waals surface area (Å²) in [5.41, 5.74) is 1.12. The largest absolute Gasteiger partial charge is 0.346 e. The Bertz CT molecular complexity index is 583. The van der Waals surface area contributed by atoms with Crippen LogP contribution in [0.2, 0.25) is 0 Å². The quantitative estimate of drug-likeness (QED) is 0.666. The van der Waals surface area contributed by atoms with Crippen LogP contribution in [0.1, 0.15) is 18.0 Å². The lowest BCUT2D eigenvalue weighted by Gasteiger charge is -2.43. The Morgan fingerprint density at radius 1 is 1.30 bits per heavy atom. The second-order valence-corrected chi connectivity index (χ2v) is 5.48. The molecule has 4 unspecified atom stereocenters. The van der Waals surface area contributed by atoms with Crippen LogP contribution >= 0.6 is 12.2 Å². The Labute approximate surface area is 122 Å². The Hall–Kier alpha value is -1.97. The number of fused-ring (bicyclic) bond motifs is 1. The second-order valence-electron chi connectivity index (χ2n) is 5.07. The Morgan fingerprint density at radius 3 is 2.75 bits per heavy atom. The minimum atomic E-state index is -0.410. The third-order valence-corrected chi connectivity index (χ3v) is 4.08. The molecule has 1 aromatic carbocycles. The van der Waals surface area contributed by atoms with Crippen molar-refractivity contribution in [2.45, 2.75) is 18.6 Å². The molecule has 20 heavy (non-hydrogen) atoms. The number of amides is 1. The summed E-state index contributed by atoms with van der Waals surface area (Å²) in [7, 11) is 0. The van der Waals surface area contributed by atoms with E-state index in [2.05, 4.69) is 22.0 Å². The molecule has 102 valence electrons. The normalized spacial score (nSPS) is 32.5. The van der Waals surface area contributed by atoms with Crippen LogP contribution in [0.15, 0.2) is 30.3 Å². The first-order chi connectivity index (χ1) is 9.69. The second kappa shape index (κ2) is 5.19. The summed E-state index contributed by atoms with van der Waals surface area (Å²) in [6.07, 6.45) is 0.323. The summed E-state index contributed by atoms with van der Waals surface area (Å²) >= 11 is 5.02. The number of piperidine rings is 1. The molecule has 2 fully saturated rings. The third kappa shape index (κ3) is 2.26. The lowest BCUT2D eigenvalue weighted by Crippen LogP contribution is -2.67. The van der Waals surface area contributed by atoms with Crippen molar-refractivity contribution < 1.29 is 4.79 Å². The first-order valence-corrected chi connectivity index (χ1v) is 6.92. The maximum atomic E-state index is 12.0. The number of carbonyl (C=O) groups is 1. The molecule has 0 spiro atoms. The predicted molar refractivity (Wildman–Crippen MR) is 77.2 cm³/mol. The van der Waals surface area contributed by atoms with Gasteiger partial charge in [0.05, 0.1) is 24.1 Å². The number of hydrogen-bond acceptors (Lipinski definition) is 4. The van der Waals surface area contributed by atoms with Gasteiger partial charge in [0.1, 0.15) is 0 Å². The first kappa shape index (κ1) is 13.0. The Morgan fingerprint density at radius 2 is 2.05 bits per heavy atom. The molecule has 2 aliphatic heterocycles. The van der Waals surface area contributed by atoms with Gasteiger partial charge < -0.3 is 10.6 Å². The number of hydrogen-bond donors (Lipinski definition) is 3. The van der Waals surface area contributed by atoms with Crippen LogP contribution < -0.4 is 16.0 Å². The minimum Gasteiger partial charge on any atom is -0.346 e. The van der Waals surface area contributed by atoms with Crippen molar-refractivity contribution in [1.29, 1.82) is 5.26 Å². The molecule has 1 aromatic rings. The van der Waals surface area contributed by atoms with Crippen molar-refractivity contribution in [3.05, 3.63) is 35.9 Å². The summed E-state index contributed by atoms with van der Waals surface area (Å²) in [5, 5.41) is 18.7. The highest BCUT2D eigenvalue weighted by Crippen LogP contribution is 2.34. The topological polar surface area (TPSA) is 77.0 Å². The van der Waals surface area contributed by atoms with Crippen LogP contribution in [-0.4, -0.2) is 17.2 Å². The van der Waals surface area contributed by atoms with Crippen LogP contribution in [0.4, 0.5) is 0 Å². The molecule has 4 atom stereocenters. The van der Waals surface area contributed by atoms with E-state index in [1.807, 2.05) is 30.3 Å². The summed E-state index contributed by atoms with van der Waals surface area (Å²) < 4.78 is 0. The van der Waals surface area contributed by atoms with Crippen molar-refractivity contribution in [2.75, 3.05) is 0 Å². The van der Waals surface area contributed by atoms with E-state index in [1.54, 1.807) is 0 Å². The number of thiocarbonyl (C=S) groups is 1. The number of nitrogens with zero attached hydrogens (tertiary/aromatic N) is 1. The van der Waals surface area contributed by atoms with Crippen molar-refractivity contribution in [3.63, 3.8) is 0 Å². The van der Waals surface area contributed by atoms with E-state index < -0.39 is 5.92 Å². The van der Waals surface area contributed by atoms with Gasteiger partial charge in [-0.2, -0.15) is 5.26 Å². The Balaban J connectivity index is 1.88. The highest BCUT2D eigenvalue weighted by molar-refractivity contribution is 7.80. The molecule has 0 aromatic heterocycles. The maximum absolute atomic E-state index is 12.0. The van der Waals surface area contributed by atoms with Gasteiger partial charge >= 0.3 is 0 Å². The van der Waals surface area contributed by atoms with Gasteiger partial charge in [-0.05, 0) is 24.2 Å². The average molecular weight is 286 g/mol. The number of benzene rings is 1. The van der Waals surface area contributed by atoms with Crippen LogP contribution in [0, 0.1) is 23.2 Å².